The molecule has 3 nitrogen and oxygen atoms in total. The highest BCUT2D eigenvalue weighted by Crippen LogP contribution is 2.35. The van der Waals surface area contributed by atoms with Crippen molar-refractivity contribution in [2.24, 2.45) is 0 Å². The normalized spacial score (nSPS) is 11.5. The quantitative estimate of drug-likeness (QED) is 0.767. The molecule has 1 heterocycles. The lowest BCUT2D eigenvalue weighted by Gasteiger charge is -2.18. The average Bonchev–Trinajstić information content (AvgIpc) is 2.73. The number of halogens is 2. The van der Waals surface area contributed by atoms with E-state index in [2.05, 4.69) is 15.9 Å². The maximum atomic E-state index is 13.3. The molecule has 2 aromatic rings. The van der Waals surface area contributed by atoms with Gasteiger partial charge < -0.3 is 10.5 Å². The zero-order valence-electron chi connectivity index (χ0n) is 11.9. The number of nitrogen functional groups attached to an aromatic ring is 1. The maximum Gasteiger partial charge on any atom is 0.350 e. The second-order valence-corrected chi connectivity index (χ2v) is 7.43. The maximum absolute atomic E-state index is 13.3. The number of thiophene rings is 1. The molecule has 0 aliphatic rings. The van der Waals surface area contributed by atoms with E-state index < -0.39 is 11.6 Å². The van der Waals surface area contributed by atoms with Crippen LogP contribution in [0.25, 0.3) is 10.4 Å². The fourth-order valence-corrected chi connectivity index (χ4v) is 3.01. The lowest BCUT2D eigenvalue weighted by molar-refractivity contribution is 0.00764. The van der Waals surface area contributed by atoms with E-state index in [0.717, 1.165) is 10.4 Å². The molecule has 0 bridgehead atoms. The van der Waals surface area contributed by atoms with Crippen LogP contribution in [0.5, 0.6) is 0 Å². The first-order valence-corrected chi connectivity index (χ1v) is 7.86. The van der Waals surface area contributed by atoms with Crippen molar-refractivity contribution in [1.82, 2.24) is 0 Å². The van der Waals surface area contributed by atoms with E-state index in [1.807, 2.05) is 0 Å². The van der Waals surface area contributed by atoms with Crippen LogP contribution in [-0.2, 0) is 4.74 Å². The summed E-state index contributed by atoms with van der Waals surface area (Å²) in [5.41, 5.74) is 6.47. The molecule has 0 saturated carbocycles. The molecule has 112 valence electrons. The Hall–Kier alpha value is -1.40. The molecule has 0 unspecified atom stereocenters. The summed E-state index contributed by atoms with van der Waals surface area (Å²) in [7, 11) is 0. The average molecular weight is 372 g/mol. The summed E-state index contributed by atoms with van der Waals surface area (Å²) in [6.07, 6.45) is 0. The number of ether oxygens (including phenoxy) is 1. The number of nitrogens with two attached hydrogens (primary N) is 1. The number of rotatable bonds is 2. The second-order valence-electron chi connectivity index (χ2n) is 5.53. The summed E-state index contributed by atoms with van der Waals surface area (Å²) in [6, 6.07) is 6.36. The fraction of sp³-hybridized carbons (Fsp3) is 0.267. The third kappa shape index (κ3) is 3.83. The summed E-state index contributed by atoms with van der Waals surface area (Å²) < 4.78 is 19.0. The van der Waals surface area contributed by atoms with Gasteiger partial charge in [0.1, 0.15) is 16.3 Å². The monoisotopic (exact) mass is 371 g/mol. The highest BCUT2D eigenvalue weighted by Gasteiger charge is 2.22. The van der Waals surface area contributed by atoms with Gasteiger partial charge in [-0.1, -0.05) is 6.07 Å². The van der Waals surface area contributed by atoms with Crippen molar-refractivity contribution < 1.29 is 13.9 Å². The smallest absolute Gasteiger partial charge is 0.350 e. The van der Waals surface area contributed by atoms with E-state index in [9.17, 15) is 9.18 Å². The van der Waals surface area contributed by atoms with E-state index >= 15 is 0 Å². The minimum Gasteiger partial charge on any atom is -0.456 e. The van der Waals surface area contributed by atoms with Crippen LogP contribution < -0.4 is 5.73 Å². The van der Waals surface area contributed by atoms with Gasteiger partial charge >= 0.3 is 5.97 Å². The van der Waals surface area contributed by atoms with Gasteiger partial charge in [-0.25, -0.2) is 9.18 Å². The molecule has 0 atom stereocenters. The second kappa shape index (κ2) is 5.77. The Labute approximate surface area is 135 Å². The molecule has 0 aliphatic carbocycles. The lowest BCUT2D eigenvalue weighted by atomic mass is 10.2. The van der Waals surface area contributed by atoms with E-state index in [1.54, 1.807) is 39.0 Å². The van der Waals surface area contributed by atoms with Gasteiger partial charge in [-0.3, -0.25) is 0 Å². The van der Waals surface area contributed by atoms with Crippen LogP contribution in [0.4, 0.5) is 10.1 Å². The highest BCUT2D eigenvalue weighted by molar-refractivity contribution is 9.10. The molecule has 6 heteroatoms. The molecule has 0 aliphatic heterocycles. The molecule has 21 heavy (non-hydrogen) atoms. The number of esters is 1. The van der Waals surface area contributed by atoms with Crippen LogP contribution in [0.1, 0.15) is 30.4 Å². The molecule has 0 radical (unpaired) electrons. The van der Waals surface area contributed by atoms with E-state index in [4.69, 9.17) is 10.5 Å². The van der Waals surface area contributed by atoms with Crippen LogP contribution in [0, 0.1) is 5.82 Å². The Kier molecular flexibility index (Phi) is 4.39. The largest absolute Gasteiger partial charge is 0.456 e. The third-order valence-electron chi connectivity index (χ3n) is 2.55. The Morgan fingerprint density at radius 3 is 2.57 bits per heavy atom. The number of anilines is 1. The number of hydrogen-bond acceptors (Lipinski definition) is 4. The first-order chi connectivity index (χ1) is 9.67. The number of benzene rings is 1. The number of carbonyl (C=O) groups excluding carboxylic acids is 1. The van der Waals surface area contributed by atoms with Gasteiger partial charge in [-0.05, 0) is 60.5 Å². The summed E-state index contributed by atoms with van der Waals surface area (Å²) >= 11 is 4.38. The molecule has 0 fully saturated rings. The van der Waals surface area contributed by atoms with E-state index in [-0.39, 0.29) is 5.82 Å². The number of carbonyl (C=O) groups is 1. The van der Waals surface area contributed by atoms with Gasteiger partial charge in [0.05, 0.1) is 10.2 Å². The molecule has 0 saturated heterocycles. The minimum atomic E-state index is -0.577. The van der Waals surface area contributed by atoms with Gasteiger partial charge in [-0.2, -0.15) is 0 Å². The van der Waals surface area contributed by atoms with Gasteiger partial charge in [0, 0.05) is 4.88 Å². The van der Waals surface area contributed by atoms with Crippen molar-refractivity contribution in [2.45, 2.75) is 26.4 Å². The van der Waals surface area contributed by atoms with Gasteiger partial charge in [0.25, 0.3) is 0 Å². The summed E-state index contributed by atoms with van der Waals surface area (Å²) in [5.74, 6) is -0.784. The van der Waals surface area contributed by atoms with Crippen molar-refractivity contribution in [3.05, 3.63) is 39.4 Å². The minimum absolute atomic E-state index is 0.337. The van der Waals surface area contributed by atoms with Gasteiger partial charge in [0.2, 0.25) is 0 Å². The molecule has 0 amide bonds. The zero-order chi connectivity index (χ0) is 15.8. The van der Waals surface area contributed by atoms with Crippen LogP contribution in [-0.4, -0.2) is 11.6 Å². The first kappa shape index (κ1) is 16.0. The van der Waals surface area contributed by atoms with Crippen LogP contribution in [0.3, 0.4) is 0 Å². The van der Waals surface area contributed by atoms with Crippen molar-refractivity contribution >= 4 is 38.9 Å². The van der Waals surface area contributed by atoms with E-state index in [0.29, 0.717) is 15.0 Å². The summed E-state index contributed by atoms with van der Waals surface area (Å²) in [6.45, 7) is 5.39. The summed E-state index contributed by atoms with van der Waals surface area (Å²) in [5, 5.41) is 0. The zero-order valence-corrected chi connectivity index (χ0v) is 14.3. The molecule has 1 aromatic heterocycles. The fourth-order valence-electron chi connectivity index (χ4n) is 1.68. The molecule has 2 N–H and O–H groups in total. The topological polar surface area (TPSA) is 52.3 Å². The van der Waals surface area contributed by atoms with Crippen LogP contribution in [0.15, 0.2) is 28.7 Å². The standard InChI is InChI=1S/C15H15BrFNO2S/c1-15(2,3)20-14(19)13-11(18)7-12(21-13)8-4-5-10(17)9(16)6-8/h4-7H,18H2,1-3H3. The van der Waals surface area contributed by atoms with Crippen LogP contribution in [0.2, 0.25) is 0 Å². The predicted molar refractivity (Wildman–Crippen MR) is 87.0 cm³/mol. The molecule has 0 spiro atoms. The number of hydrogen-bond donors (Lipinski definition) is 1. The van der Waals surface area contributed by atoms with Gasteiger partial charge in [-0.15, -0.1) is 11.3 Å². The first-order valence-electron chi connectivity index (χ1n) is 6.25. The van der Waals surface area contributed by atoms with Crippen molar-refractivity contribution in [3.63, 3.8) is 0 Å². The Bertz CT molecular complexity index is 691. The highest BCUT2D eigenvalue weighted by atomic mass is 79.9. The van der Waals surface area contributed by atoms with Crippen LogP contribution >= 0.6 is 27.3 Å². The van der Waals surface area contributed by atoms with Crippen molar-refractivity contribution in [2.75, 3.05) is 5.73 Å². The summed E-state index contributed by atoms with van der Waals surface area (Å²) in [4.78, 5) is 13.2. The molecular weight excluding hydrogens is 357 g/mol. The Balaban J connectivity index is 2.34. The van der Waals surface area contributed by atoms with Crippen molar-refractivity contribution in [1.29, 1.82) is 0 Å². The Morgan fingerprint density at radius 1 is 1.33 bits per heavy atom. The SMILES string of the molecule is CC(C)(C)OC(=O)c1sc(-c2ccc(F)c(Br)c2)cc1N. The van der Waals surface area contributed by atoms with Crippen molar-refractivity contribution in [3.8, 4) is 10.4 Å². The lowest BCUT2D eigenvalue weighted by Crippen LogP contribution is -2.23. The molecule has 2 rings (SSSR count). The molecular formula is C15H15BrFNO2S. The Morgan fingerprint density at radius 2 is 2.00 bits per heavy atom. The third-order valence-corrected chi connectivity index (χ3v) is 4.34. The molecule has 1 aromatic carbocycles. The van der Waals surface area contributed by atoms with E-state index in [1.165, 1.54) is 17.4 Å². The predicted octanol–water partition coefficient (Wildman–Crippen LogP) is 4.85. The van der Waals surface area contributed by atoms with Gasteiger partial charge in [0.15, 0.2) is 0 Å².